The molecule has 2 N–H and O–H groups in total. The van der Waals surface area contributed by atoms with Crippen LogP contribution in [0.1, 0.15) is 6.42 Å². The summed E-state index contributed by atoms with van der Waals surface area (Å²) in [5.41, 5.74) is 4.76. The molecule has 11 heavy (non-hydrogen) atoms. The predicted molar refractivity (Wildman–Crippen MR) is 35.3 cm³/mol. The van der Waals surface area contributed by atoms with Crippen LogP contribution in [-0.4, -0.2) is 0 Å². The summed E-state index contributed by atoms with van der Waals surface area (Å²) in [6.07, 6.45) is 0.803. The fraction of sp³-hybridized carbons (Fsp3) is 0.143. The third-order valence-corrected chi connectivity index (χ3v) is 1.23. The number of nitrogens with two attached hydrogens (primary N) is 1. The van der Waals surface area contributed by atoms with E-state index in [1.165, 1.54) is 0 Å². The van der Waals surface area contributed by atoms with Gasteiger partial charge in [-0.05, 0) is 0 Å². The molecule has 0 aliphatic heterocycles. The maximum atomic E-state index is 12.5. The van der Waals surface area contributed by atoms with Crippen molar-refractivity contribution >= 4 is 0 Å². The summed E-state index contributed by atoms with van der Waals surface area (Å²) < 4.78 is 37.2. The first-order chi connectivity index (χ1) is 5.09. The molecule has 0 aromatic rings. The van der Waals surface area contributed by atoms with Crippen LogP contribution in [0.4, 0.5) is 13.2 Å². The molecule has 1 rings (SSSR count). The van der Waals surface area contributed by atoms with Gasteiger partial charge in [-0.2, -0.15) is 0 Å². The van der Waals surface area contributed by atoms with Gasteiger partial charge in [0, 0.05) is 18.6 Å². The molecular formula is C7H6F3N. The second kappa shape index (κ2) is 2.82. The van der Waals surface area contributed by atoms with Crippen LogP contribution in [0.2, 0.25) is 0 Å². The van der Waals surface area contributed by atoms with Crippen LogP contribution in [-0.2, 0) is 0 Å². The lowest BCUT2D eigenvalue weighted by molar-refractivity contribution is 0.590. The summed E-state index contributed by atoms with van der Waals surface area (Å²) in [5.74, 6) is -2.64. The zero-order chi connectivity index (χ0) is 8.43. The Kier molecular flexibility index (Phi) is 2.03. The third-order valence-electron chi connectivity index (χ3n) is 1.23. The standard InChI is InChI=1S/C7H6F3N/c8-4-1-5(9)3-7(11)6(10)2-4/h1-2H,3,11H2. The number of hydrogen-bond donors (Lipinski definition) is 1. The van der Waals surface area contributed by atoms with Crippen LogP contribution in [0.25, 0.3) is 0 Å². The third kappa shape index (κ3) is 1.86. The van der Waals surface area contributed by atoms with Crippen LogP contribution < -0.4 is 5.73 Å². The second-order valence-electron chi connectivity index (χ2n) is 2.17. The number of rotatable bonds is 0. The Labute approximate surface area is 61.7 Å². The Hall–Kier alpha value is -1.19. The lowest BCUT2D eigenvalue weighted by atomic mass is 10.3. The van der Waals surface area contributed by atoms with Crippen molar-refractivity contribution in [2.45, 2.75) is 6.42 Å². The van der Waals surface area contributed by atoms with Crippen molar-refractivity contribution in [3.63, 3.8) is 0 Å². The Bertz CT molecular complexity index is 263. The van der Waals surface area contributed by atoms with Crippen molar-refractivity contribution in [3.05, 3.63) is 35.3 Å². The van der Waals surface area contributed by atoms with Crippen LogP contribution in [0.3, 0.4) is 0 Å². The smallest absolute Gasteiger partial charge is 0.145 e. The van der Waals surface area contributed by atoms with Gasteiger partial charge in [0.25, 0.3) is 0 Å². The molecule has 0 aromatic carbocycles. The minimum Gasteiger partial charge on any atom is -0.399 e. The van der Waals surface area contributed by atoms with Crippen LogP contribution in [0, 0.1) is 0 Å². The largest absolute Gasteiger partial charge is 0.399 e. The summed E-state index contributed by atoms with van der Waals surface area (Å²) in [5, 5.41) is 0. The molecule has 1 aliphatic rings. The van der Waals surface area contributed by atoms with Gasteiger partial charge in [-0.25, -0.2) is 13.2 Å². The molecule has 0 atom stereocenters. The van der Waals surface area contributed by atoms with Gasteiger partial charge in [-0.1, -0.05) is 0 Å². The van der Waals surface area contributed by atoms with Gasteiger partial charge < -0.3 is 5.73 Å². The molecule has 0 radical (unpaired) electrons. The first-order valence-corrected chi connectivity index (χ1v) is 2.97. The minimum atomic E-state index is -0.958. The fourth-order valence-corrected chi connectivity index (χ4v) is 0.722. The summed E-state index contributed by atoms with van der Waals surface area (Å²) in [7, 11) is 0. The van der Waals surface area contributed by atoms with Crippen molar-refractivity contribution in [1.29, 1.82) is 0 Å². The molecule has 4 heteroatoms. The van der Waals surface area contributed by atoms with Crippen molar-refractivity contribution in [2.24, 2.45) is 5.73 Å². The quantitative estimate of drug-likeness (QED) is 0.579. The molecular weight excluding hydrogens is 155 g/mol. The second-order valence-corrected chi connectivity index (χ2v) is 2.17. The highest BCUT2D eigenvalue weighted by Gasteiger charge is 2.09. The molecule has 0 heterocycles. The van der Waals surface area contributed by atoms with Crippen molar-refractivity contribution < 1.29 is 13.2 Å². The van der Waals surface area contributed by atoms with Crippen molar-refractivity contribution in [1.82, 2.24) is 0 Å². The van der Waals surface area contributed by atoms with Crippen LogP contribution >= 0.6 is 0 Å². The summed E-state index contributed by atoms with van der Waals surface area (Å²) in [6.45, 7) is 0. The number of hydrogen-bond acceptors (Lipinski definition) is 1. The minimum absolute atomic E-state index is 0.286. The molecule has 0 spiro atoms. The van der Waals surface area contributed by atoms with E-state index in [0.29, 0.717) is 12.2 Å². The highest BCUT2D eigenvalue weighted by molar-refractivity contribution is 5.31. The first kappa shape index (κ1) is 7.91. The van der Waals surface area contributed by atoms with Crippen LogP contribution in [0.15, 0.2) is 35.3 Å². The van der Waals surface area contributed by atoms with Gasteiger partial charge in [0.15, 0.2) is 0 Å². The first-order valence-electron chi connectivity index (χ1n) is 2.97. The van der Waals surface area contributed by atoms with E-state index >= 15 is 0 Å². The normalized spacial score (nSPS) is 19.2. The van der Waals surface area contributed by atoms with Gasteiger partial charge in [0.2, 0.25) is 0 Å². The Morgan fingerprint density at radius 1 is 1.18 bits per heavy atom. The van der Waals surface area contributed by atoms with E-state index < -0.39 is 17.5 Å². The predicted octanol–water partition coefficient (Wildman–Crippen LogP) is 2.24. The Morgan fingerprint density at radius 3 is 2.45 bits per heavy atom. The van der Waals surface area contributed by atoms with Gasteiger partial charge in [-0.15, -0.1) is 0 Å². The van der Waals surface area contributed by atoms with E-state index in [1.54, 1.807) is 0 Å². The zero-order valence-corrected chi connectivity index (χ0v) is 5.57. The fourth-order valence-electron chi connectivity index (χ4n) is 0.722. The molecule has 0 bridgehead atoms. The van der Waals surface area contributed by atoms with Gasteiger partial charge in [-0.3, -0.25) is 0 Å². The molecule has 0 saturated carbocycles. The Balaban J connectivity index is 3.04. The van der Waals surface area contributed by atoms with Crippen molar-refractivity contribution in [2.75, 3.05) is 0 Å². The van der Waals surface area contributed by atoms with E-state index in [0.717, 1.165) is 0 Å². The maximum Gasteiger partial charge on any atom is 0.145 e. The molecule has 60 valence electrons. The van der Waals surface area contributed by atoms with E-state index in [4.69, 9.17) is 5.73 Å². The molecule has 0 aromatic heterocycles. The maximum absolute atomic E-state index is 12.5. The molecule has 1 nitrogen and oxygen atoms in total. The van der Waals surface area contributed by atoms with E-state index in [9.17, 15) is 13.2 Å². The summed E-state index contributed by atoms with van der Waals surface area (Å²) in [6, 6.07) is 0. The molecule has 0 unspecified atom stereocenters. The lowest BCUT2D eigenvalue weighted by Gasteiger charge is -1.95. The SMILES string of the molecule is NC1=C(F)C=C(F)C=C(F)C1. The highest BCUT2D eigenvalue weighted by Crippen LogP contribution is 2.21. The van der Waals surface area contributed by atoms with E-state index in [2.05, 4.69) is 0 Å². The lowest BCUT2D eigenvalue weighted by Crippen LogP contribution is -1.98. The van der Waals surface area contributed by atoms with Crippen LogP contribution in [0.5, 0.6) is 0 Å². The van der Waals surface area contributed by atoms with Crippen molar-refractivity contribution in [3.8, 4) is 0 Å². The monoisotopic (exact) mass is 161 g/mol. The van der Waals surface area contributed by atoms with E-state index in [-0.39, 0.29) is 12.1 Å². The van der Waals surface area contributed by atoms with Gasteiger partial charge >= 0.3 is 0 Å². The zero-order valence-electron chi connectivity index (χ0n) is 5.57. The number of halogens is 3. The molecule has 0 saturated heterocycles. The van der Waals surface area contributed by atoms with Gasteiger partial charge in [0.1, 0.15) is 17.5 Å². The average molecular weight is 161 g/mol. The van der Waals surface area contributed by atoms with E-state index in [1.807, 2.05) is 0 Å². The molecule has 0 amide bonds. The Morgan fingerprint density at radius 2 is 1.82 bits per heavy atom. The number of allylic oxidation sites excluding steroid dienone is 5. The summed E-state index contributed by atoms with van der Waals surface area (Å²) >= 11 is 0. The summed E-state index contributed by atoms with van der Waals surface area (Å²) in [4.78, 5) is 0. The molecule has 0 fully saturated rings. The highest BCUT2D eigenvalue weighted by atomic mass is 19.1. The molecule has 1 aliphatic carbocycles. The van der Waals surface area contributed by atoms with Gasteiger partial charge in [0.05, 0.1) is 5.70 Å². The average Bonchev–Trinajstić information content (AvgIpc) is 1.93. The topological polar surface area (TPSA) is 26.0 Å².